The first-order valence-corrected chi connectivity index (χ1v) is 10.8. The smallest absolute Gasteiger partial charge is 0.0851 e. The van der Waals surface area contributed by atoms with Gasteiger partial charge in [-0.3, -0.25) is 5.32 Å². The molecule has 3 heteroatoms. The monoisotopic (exact) mass is 372 g/mol. The zero-order valence-electron chi connectivity index (χ0n) is 18.5. The average molecular weight is 373 g/mol. The molecule has 3 rings (SSSR count). The van der Waals surface area contributed by atoms with Crippen LogP contribution in [0.2, 0.25) is 0 Å². The molecule has 0 heterocycles. The van der Waals surface area contributed by atoms with Crippen molar-refractivity contribution in [2.24, 2.45) is 23.2 Å². The van der Waals surface area contributed by atoms with Crippen molar-refractivity contribution in [1.29, 1.82) is 0 Å². The summed E-state index contributed by atoms with van der Waals surface area (Å²) in [4.78, 5) is 2.48. The predicted octanol–water partition coefficient (Wildman–Crippen LogP) is 5.23. The summed E-state index contributed by atoms with van der Waals surface area (Å²) in [5, 5.41) is 4.03. The number of nitrogens with zero attached hydrogens (tertiary/aromatic N) is 1. The largest absolute Gasteiger partial charge is 0.381 e. The van der Waals surface area contributed by atoms with E-state index in [1.165, 1.54) is 30.5 Å². The lowest BCUT2D eigenvalue weighted by Crippen LogP contribution is -2.54. The lowest BCUT2D eigenvalue weighted by Gasteiger charge is -2.40. The highest BCUT2D eigenvalue weighted by molar-refractivity contribution is 5.53. The number of benzene rings is 1. The van der Waals surface area contributed by atoms with Crippen LogP contribution < -0.4 is 10.2 Å². The van der Waals surface area contributed by atoms with E-state index in [0.29, 0.717) is 29.6 Å². The Kier molecular flexibility index (Phi) is 6.22. The molecule has 1 aromatic rings. The number of rotatable bonds is 10. The fraction of sp³-hybridized carbons (Fsp3) is 0.750. The molecular formula is C24H40N2O. The van der Waals surface area contributed by atoms with Crippen molar-refractivity contribution in [1.82, 2.24) is 5.32 Å². The van der Waals surface area contributed by atoms with Crippen LogP contribution in [0, 0.1) is 30.1 Å². The summed E-state index contributed by atoms with van der Waals surface area (Å²) in [5.74, 6) is 2.17. The second-order valence-corrected chi connectivity index (χ2v) is 9.69. The number of hydrogen-bond donors (Lipinski definition) is 1. The van der Waals surface area contributed by atoms with E-state index >= 15 is 0 Å². The van der Waals surface area contributed by atoms with Gasteiger partial charge < -0.3 is 9.64 Å². The highest BCUT2D eigenvalue weighted by atomic mass is 16.5. The normalized spacial score (nSPS) is 29.1. The summed E-state index contributed by atoms with van der Waals surface area (Å²) in [6.45, 7) is 11.8. The number of methoxy groups -OCH3 is 1. The molecular weight excluding hydrogens is 332 g/mol. The van der Waals surface area contributed by atoms with Gasteiger partial charge in [-0.25, -0.2) is 0 Å². The van der Waals surface area contributed by atoms with Gasteiger partial charge in [0.2, 0.25) is 0 Å². The third-order valence-electron chi connectivity index (χ3n) is 7.55. The van der Waals surface area contributed by atoms with Gasteiger partial charge in [0.25, 0.3) is 0 Å². The van der Waals surface area contributed by atoms with Crippen molar-refractivity contribution in [2.45, 2.75) is 78.6 Å². The van der Waals surface area contributed by atoms with E-state index in [-0.39, 0.29) is 0 Å². The van der Waals surface area contributed by atoms with E-state index in [9.17, 15) is 0 Å². The Labute approximate surface area is 166 Å². The molecule has 6 atom stereocenters. The summed E-state index contributed by atoms with van der Waals surface area (Å²) in [5.41, 5.74) is 3.02. The molecule has 0 radical (unpaired) electrons. The molecule has 27 heavy (non-hydrogen) atoms. The van der Waals surface area contributed by atoms with E-state index in [0.717, 1.165) is 18.3 Å². The van der Waals surface area contributed by atoms with Gasteiger partial charge in [-0.1, -0.05) is 39.0 Å². The number of aryl methyl sites for hydroxylation is 1. The minimum absolute atomic E-state index is 0.335. The molecule has 1 unspecified atom stereocenters. The summed E-state index contributed by atoms with van der Waals surface area (Å²) in [6, 6.07) is 9.21. The lowest BCUT2D eigenvalue weighted by atomic mass is 9.92. The molecule has 2 aliphatic carbocycles. The van der Waals surface area contributed by atoms with Crippen molar-refractivity contribution in [2.75, 3.05) is 19.1 Å². The Hall–Kier alpha value is -1.06. The van der Waals surface area contributed by atoms with Gasteiger partial charge in [0.1, 0.15) is 0 Å². The van der Waals surface area contributed by atoms with Crippen molar-refractivity contribution in [3.05, 3.63) is 29.8 Å². The van der Waals surface area contributed by atoms with Gasteiger partial charge in [-0.15, -0.1) is 0 Å². The zero-order valence-corrected chi connectivity index (χ0v) is 18.5. The Morgan fingerprint density at radius 3 is 2.41 bits per heavy atom. The number of anilines is 1. The molecule has 2 aliphatic rings. The SMILES string of the molecule is CO[C@@H](C[C@@H](C)[C@H](C)NC(N(C)c1ccccc1C)[C@@]1(C)C[C@@H]1C)C1CC1. The Balaban J connectivity index is 1.71. The van der Waals surface area contributed by atoms with Crippen molar-refractivity contribution in [3.63, 3.8) is 0 Å². The van der Waals surface area contributed by atoms with Gasteiger partial charge in [0, 0.05) is 31.3 Å². The first-order chi connectivity index (χ1) is 12.8. The molecule has 3 nitrogen and oxygen atoms in total. The molecule has 152 valence electrons. The molecule has 0 bridgehead atoms. The summed E-state index contributed by atoms with van der Waals surface area (Å²) in [6.07, 6.45) is 5.94. The number of ether oxygens (including phenoxy) is 1. The molecule has 0 amide bonds. The maximum Gasteiger partial charge on any atom is 0.0851 e. The van der Waals surface area contributed by atoms with Crippen LogP contribution in [0.15, 0.2) is 24.3 Å². The quantitative estimate of drug-likeness (QED) is 0.569. The first-order valence-electron chi connectivity index (χ1n) is 10.8. The van der Waals surface area contributed by atoms with Gasteiger partial charge in [0.15, 0.2) is 0 Å². The van der Waals surface area contributed by atoms with Crippen molar-refractivity contribution < 1.29 is 4.74 Å². The third kappa shape index (κ3) is 4.51. The van der Waals surface area contributed by atoms with Crippen LogP contribution in [-0.2, 0) is 4.74 Å². The minimum atomic E-state index is 0.335. The van der Waals surface area contributed by atoms with E-state index in [2.05, 4.69) is 76.1 Å². The second kappa shape index (κ2) is 8.13. The van der Waals surface area contributed by atoms with E-state index in [1.54, 1.807) is 0 Å². The second-order valence-electron chi connectivity index (χ2n) is 9.69. The van der Waals surface area contributed by atoms with Crippen LogP contribution in [0.4, 0.5) is 5.69 Å². The molecule has 0 saturated heterocycles. The van der Waals surface area contributed by atoms with E-state index < -0.39 is 0 Å². The lowest BCUT2D eigenvalue weighted by molar-refractivity contribution is 0.0588. The van der Waals surface area contributed by atoms with Crippen LogP contribution >= 0.6 is 0 Å². The molecule has 1 aromatic carbocycles. The van der Waals surface area contributed by atoms with Crippen molar-refractivity contribution >= 4 is 5.69 Å². The third-order valence-corrected chi connectivity index (χ3v) is 7.55. The van der Waals surface area contributed by atoms with Gasteiger partial charge >= 0.3 is 0 Å². The highest BCUT2D eigenvalue weighted by Gasteiger charge is 2.54. The zero-order chi connectivity index (χ0) is 19.8. The van der Waals surface area contributed by atoms with E-state index in [1.807, 2.05) is 7.11 Å². The van der Waals surface area contributed by atoms with Crippen molar-refractivity contribution in [3.8, 4) is 0 Å². The highest BCUT2D eigenvalue weighted by Crippen LogP contribution is 2.55. The fourth-order valence-corrected chi connectivity index (χ4v) is 4.76. The fourth-order valence-electron chi connectivity index (χ4n) is 4.76. The number of hydrogen-bond acceptors (Lipinski definition) is 3. The van der Waals surface area contributed by atoms with E-state index in [4.69, 9.17) is 4.74 Å². The van der Waals surface area contributed by atoms with Crippen LogP contribution in [0.1, 0.15) is 58.9 Å². The Bertz CT molecular complexity index is 629. The Morgan fingerprint density at radius 1 is 1.26 bits per heavy atom. The van der Waals surface area contributed by atoms with Gasteiger partial charge in [-0.05, 0) is 68.9 Å². The van der Waals surface area contributed by atoms with Crippen LogP contribution in [0.25, 0.3) is 0 Å². The molecule has 0 spiro atoms. The minimum Gasteiger partial charge on any atom is -0.381 e. The molecule has 0 aliphatic heterocycles. The van der Waals surface area contributed by atoms with Gasteiger partial charge in [0.05, 0.1) is 12.3 Å². The molecule has 1 N–H and O–H groups in total. The summed E-state index contributed by atoms with van der Waals surface area (Å²) >= 11 is 0. The number of nitrogens with one attached hydrogen (secondary N) is 1. The Morgan fingerprint density at radius 2 is 1.89 bits per heavy atom. The van der Waals surface area contributed by atoms with Crippen LogP contribution in [-0.4, -0.2) is 32.5 Å². The summed E-state index contributed by atoms with van der Waals surface area (Å²) < 4.78 is 5.79. The van der Waals surface area contributed by atoms with Gasteiger partial charge in [-0.2, -0.15) is 0 Å². The molecule has 2 saturated carbocycles. The van der Waals surface area contributed by atoms with Crippen LogP contribution in [0.5, 0.6) is 0 Å². The first kappa shape index (κ1) is 20.7. The maximum absolute atomic E-state index is 5.79. The average Bonchev–Trinajstić information content (AvgIpc) is 3.56. The summed E-state index contributed by atoms with van der Waals surface area (Å²) in [7, 11) is 4.14. The standard InChI is InChI=1S/C24H40N2O/c1-16-10-8-9-11-21(16)26(6)23(24(5)15-18(24)3)25-19(4)17(2)14-22(27-7)20-12-13-20/h8-11,17-20,22-23,25H,12-15H2,1-7H3/t17-,18+,19+,22+,23?,24+/m1/s1. The number of para-hydroxylation sites is 1. The maximum atomic E-state index is 5.79. The predicted molar refractivity (Wildman–Crippen MR) is 115 cm³/mol. The topological polar surface area (TPSA) is 24.5 Å². The molecule has 0 aromatic heterocycles. The molecule has 2 fully saturated rings. The van der Waals surface area contributed by atoms with Crippen LogP contribution in [0.3, 0.4) is 0 Å².